The molecular formula is C28H36FN5O3. The number of benzene rings is 1. The number of hydrogen-bond acceptors (Lipinski definition) is 7. The molecule has 1 aliphatic rings. The fourth-order valence-corrected chi connectivity index (χ4v) is 4.51. The van der Waals surface area contributed by atoms with Crippen molar-refractivity contribution < 1.29 is 19.0 Å². The zero-order chi connectivity index (χ0) is 26.7. The van der Waals surface area contributed by atoms with Crippen LogP contribution in [-0.4, -0.2) is 53.6 Å². The summed E-state index contributed by atoms with van der Waals surface area (Å²) in [6, 6.07) is 7.05. The van der Waals surface area contributed by atoms with Crippen molar-refractivity contribution in [1.29, 1.82) is 0 Å². The van der Waals surface area contributed by atoms with E-state index in [1.807, 2.05) is 56.7 Å². The van der Waals surface area contributed by atoms with Crippen LogP contribution in [0.2, 0.25) is 0 Å². The summed E-state index contributed by atoms with van der Waals surface area (Å²) in [6.45, 7) is 6.80. The van der Waals surface area contributed by atoms with Crippen LogP contribution in [0.25, 0.3) is 16.8 Å². The summed E-state index contributed by atoms with van der Waals surface area (Å²) in [7, 11) is 3.54. The quantitative estimate of drug-likeness (QED) is 0.493. The summed E-state index contributed by atoms with van der Waals surface area (Å²) in [5, 5.41) is 14.0. The van der Waals surface area contributed by atoms with Crippen molar-refractivity contribution in [3.05, 3.63) is 65.0 Å². The first-order valence-electron chi connectivity index (χ1n) is 12.4. The van der Waals surface area contributed by atoms with Gasteiger partial charge in [0.05, 0.1) is 49.1 Å². The lowest BCUT2D eigenvalue weighted by Gasteiger charge is -2.29. The number of ether oxygens (including phenoxy) is 2. The Morgan fingerprint density at radius 2 is 2.05 bits per heavy atom. The third-order valence-corrected chi connectivity index (χ3v) is 6.62. The molecule has 4 N–H and O–H groups in total. The van der Waals surface area contributed by atoms with Crippen LogP contribution in [0.1, 0.15) is 38.4 Å². The number of rotatable bonds is 4. The summed E-state index contributed by atoms with van der Waals surface area (Å²) in [6.07, 6.45) is 3.34. The molecule has 1 atom stereocenters. The highest BCUT2D eigenvalue weighted by Crippen LogP contribution is 2.37. The Kier molecular flexibility index (Phi) is 7.96. The third kappa shape index (κ3) is 5.53. The number of imidazole rings is 1. The van der Waals surface area contributed by atoms with E-state index >= 15 is 4.39 Å². The summed E-state index contributed by atoms with van der Waals surface area (Å²) in [5.41, 5.74) is 11.5. The van der Waals surface area contributed by atoms with Crippen LogP contribution in [0.4, 0.5) is 4.39 Å². The van der Waals surface area contributed by atoms with Gasteiger partial charge >= 0.3 is 0 Å². The average molecular weight is 510 g/mol. The molecule has 9 heteroatoms. The molecule has 8 nitrogen and oxygen atoms in total. The normalized spacial score (nSPS) is 18.4. The second-order valence-electron chi connectivity index (χ2n) is 10.3. The van der Waals surface area contributed by atoms with Gasteiger partial charge in [-0.2, -0.15) is 0 Å². The number of aliphatic hydroxyl groups is 1. The monoisotopic (exact) mass is 509 g/mol. The molecule has 4 rings (SSSR count). The molecule has 0 radical (unpaired) electrons. The van der Waals surface area contributed by atoms with E-state index in [9.17, 15) is 5.11 Å². The zero-order valence-corrected chi connectivity index (χ0v) is 22.1. The SMILES string of the molecule is CN=C1COCc2c(F)ccc(-c3ccc4ncc(CNC)n4c3)c2OCC/C1=C(/N)C(O)C(C)(C)C. The van der Waals surface area contributed by atoms with Gasteiger partial charge in [0, 0.05) is 48.6 Å². The van der Waals surface area contributed by atoms with Crippen molar-refractivity contribution >= 4 is 11.4 Å². The minimum absolute atomic E-state index is 0.00135. The first-order chi connectivity index (χ1) is 17.7. The number of aliphatic imine (C=N–C) groups is 1. The highest BCUT2D eigenvalue weighted by atomic mass is 19.1. The molecule has 0 spiro atoms. The van der Waals surface area contributed by atoms with Gasteiger partial charge in [-0.05, 0) is 36.7 Å². The Morgan fingerprint density at radius 3 is 2.76 bits per heavy atom. The lowest BCUT2D eigenvalue weighted by atomic mass is 9.85. The van der Waals surface area contributed by atoms with Gasteiger partial charge in [-0.15, -0.1) is 0 Å². The summed E-state index contributed by atoms with van der Waals surface area (Å²) in [5.74, 6) is 0.0353. The smallest absolute Gasteiger partial charge is 0.136 e. The standard InChI is InChI=1S/C28H36FN5O3/c1-28(2,3)27(35)25(30)20-10-11-37-26-19(7-8-22(29)21(26)15-36-16-23(20)32-5)17-6-9-24-33-13-18(12-31-4)34(24)14-17/h6-9,13-14,27,31,35H,10-12,15-16,30H2,1-5H3/b25-20-,32-23?. The van der Waals surface area contributed by atoms with Gasteiger partial charge in [-0.3, -0.25) is 4.99 Å². The molecule has 198 valence electrons. The Balaban J connectivity index is 1.75. The summed E-state index contributed by atoms with van der Waals surface area (Å²) >= 11 is 0. The highest BCUT2D eigenvalue weighted by molar-refractivity contribution is 6.01. The van der Waals surface area contributed by atoms with E-state index in [4.69, 9.17) is 15.2 Å². The van der Waals surface area contributed by atoms with Crippen LogP contribution < -0.4 is 15.8 Å². The molecule has 2 aromatic heterocycles. The van der Waals surface area contributed by atoms with E-state index in [-0.39, 0.29) is 19.8 Å². The number of nitrogens with two attached hydrogens (primary N) is 1. The van der Waals surface area contributed by atoms with E-state index in [1.54, 1.807) is 13.1 Å². The molecule has 0 saturated carbocycles. The predicted molar refractivity (Wildman–Crippen MR) is 143 cm³/mol. The zero-order valence-electron chi connectivity index (χ0n) is 22.1. The van der Waals surface area contributed by atoms with Crippen LogP contribution >= 0.6 is 0 Å². The number of nitrogens with one attached hydrogen (secondary N) is 1. The molecule has 0 amide bonds. The molecule has 1 aromatic carbocycles. The molecule has 0 saturated heterocycles. The third-order valence-electron chi connectivity index (χ3n) is 6.62. The molecule has 0 aliphatic carbocycles. The maximum Gasteiger partial charge on any atom is 0.136 e. The van der Waals surface area contributed by atoms with Gasteiger partial charge in [0.25, 0.3) is 0 Å². The molecular weight excluding hydrogens is 473 g/mol. The van der Waals surface area contributed by atoms with Gasteiger partial charge in [0.15, 0.2) is 0 Å². The lowest BCUT2D eigenvalue weighted by Crippen LogP contribution is -2.34. The molecule has 3 aromatic rings. The number of halogens is 1. The summed E-state index contributed by atoms with van der Waals surface area (Å²) < 4.78 is 29.2. The maximum atomic E-state index is 15.0. The van der Waals surface area contributed by atoms with Crippen molar-refractivity contribution in [2.45, 2.75) is 46.4 Å². The van der Waals surface area contributed by atoms with Crippen LogP contribution in [0, 0.1) is 11.2 Å². The molecule has 37 heavy (non-hydrogen) atoms. The van der Waals surface area contributed by atoms with Crippen molar-refractivity contribution in [3.63, 3.8) is 0 Å². The Morgan fingerprint density at radius 1 is 1.27 bits per heavy atom. The van der Waals surface area contributed by atoms with Gasteiger partial charge in [-0.1, -0.05) is 20.8 Å². The Bertz CT molecular complexity index is 1340. The van der Waals surface area contributed by atoms with E-state index in [1.165, 1.54) is 6.07 Å². The minimum atomic E-state index is -0.865. The first kappa shape index (κ1) is 26.8. The van der Waals surface area contributed by atoms with Gasteiger partial charge in [-0.25, -0.2) is 9.37 Å². The van der Waals surface area contributed by atoms with Crippen LogP contribution in [-0.2, 0) is 17.9 Å². The van der Waals surface area contributed by atoms with Crippen LogP contribution in [0.15, 0.2) is 52.9 Å². The van der Waals surface area contributed by atoms with E-state index in [0.717, 1.165) is 22.5 Å². The fraction of sp³-hybridized carbons (Fsp3) is 0.429. The van der Waals surface area contributed by atoms with Crippen molar-refractivity contribution in [2.75, 3.05) is 27.3 Å². The number of nitrogens with zero attached hydrogens (tertiary/aromatic N) is 3. The second-order valence-corrected chi connectivity index (χ2v) is 10.3. The largest absolute Gasteiger partial charge is 0.492 e. The molecule has 3 heterocycles. The van der Waals surface area contributed by atoms with Crippen molar-refractivity contribution in [2.24, 2.45) is 16.1 Å². The molecule has 0 fully saturated rings. The predicted octanol–water partition coefficient (Wildman–Crippen LogP) is 3.85. The van der Waals surface area contributed by atoms with E-state index in [0.29, 0.717) is 41.3 Å². The Hall–Kier alpha value is -3.27. The molecule has 0 bridgehead atoms. The fourth-order valence-electron chi connectivity index (χ4n) is 4.51. The number of pyridine rings is 1. The molecule has 1 aliphatic heterocycles. The van der Waals surface area contributed by atoms with E-state index in [2.05, 4.69) is 15.3 Å². The lowest BCUT2D eigenvalue weighted by molar-refractivity contribution is 0.0923. The van der Waals surface area contributed by atoms with E-state index < -0.39 is 17.3 Å². The van der Waals surface area contributed by atoms with Crippen LogP contribution in [0.3, 0.4) is 0 Å². The van der Waals surface area contributed by atoms with Gasteiger partial charge in [0.1, 0.15) is 17.2 Å². The average Bonchev–Trinajstić information content (AvgIpc) is 3.27. The Labute approximate surface area is 217 Å². The number of aliphatic hydroxyl groups excluding tert-OH is 1. The van der Waals surface area contributed by atoms with Crippen molar-refractivity contribution in [3.8, 4) is 16.9 Å². The van der Waals surface area contributed by atoms with Gasteiger partial charge < -0.3 is 30.0 Å². The van der Waals surface area contributed by atoms with Crippen LogP contribution in [0.5, 0.6) is 5.75 Å². The number of fused-ring (bicyclic) bond motifs is 2. The second kappa shape index (κ2) is 11.0. The number of hydrogen-bond donors (Lipinski definition) is 3. The topological polar surface area (TPSA) is 106 Å². The molecule has 1 unspecified atom stereocenters. The highest BCUT2D eigenvalue weighted by Gasteiger charge is 2.28. The number of aromatic nitrogens is 2. The minimum Gasteiger partial charge on any atom is -0.492 e. The summed E-state index contributed by atoms with van der Waals surface area (Å²) in [4.78, 5) is 8.82. The van der Waals surface area contributed by atoms with Crippen molar-refractivity contribution in [1.82, 2.24) is 14.7 Å². The first-order valence-corrected chi connectivity index (χ1v) is 12.4. The van der Waals surface area contributed by atoms with Gasteiger partial charge in [0.2, 0.25) is 0 Å². The maximum absolute atomic E-state index is 15.0.